The molecule has 3 nitrogen and oxygen atoms in total. The van der Waals surface area contributed by atoms with E-state index < -0.39 is 0 Å². The number of alkyl halides is 1. The van der Waals surface area contributed by atoms with Gasteiger partial charge >= 0.3 is 0 Å². The van der Waals surface area contributed by atoms with Gasteiger partial charge in [0, 0.05) is 36.2 Å². The highest BCUT2D eigenvalue weighted by Crippen LogP contribution is 2.24. The first kappa shape index (κ1) is 11.9. The molecule has 0 radical (unpaired) electrons. The normalized spacial score (nSPS) is 20.8. The number of hydrogen-bond acceptors (Lipinski definition) is 3. The number of likely N-dealkylation sites (N-methyl/N-ethyl adjacent to an activating group) is 1. The second-order valence-electron chi connectivity index (χ2n) is 4.47. The molecule has 1 fully saturated rings. The molecule has 0 bridgehead atoms. The first-order chi connectivity index (χ1) is 7.72. The SMILES string of the molecule is CN(C)C1CCN(c2ncccc2CBr)C1. The fraction of sp³-hybridized carbons (Fsp3) is 0.583. The molecule has 1 aliphatic heterocycles. The lowest BCUT2D eigenvalue weighted by Gasteiger charge is -2.22. The van der Waals surface area contributed by atoms with Crippen molar-refractivity contribution in [2.45, 2.75) is 17.8 Å². The first-order valence-electron chi connectivity index (χ1n) is 5.63. The summed E-state index contributed by atoms with van der Waals surface area (Å²) in [7, 11) is 4.30. The Balaban J connectivity index is 2.14. The highest BCUT2D eigenvalue weighted by Gasteiger charge is 2.25. The Morgan fingerprint density at radius 2 is 2.38 bits per heavy atom. The predicted molar refractivity (Wildman–Crippen MR) is 71.2 cm³/mol. The summed E-state index contributed by atoms with van der Waals surface area (Å²) in [6.07, 6.45) is 3.11. The standard InChI is InChI=1S/C12H18BrN3/c1-15(2)11-5-7-16(9-11)12-10(8-13)4-3-6-14-12/h3-4,6,11H,5,7-9H2,1-2H3. The molecule has 0 aliphatic carbocycles. The number of nitrogens with zero attached hydrogens (tertiary/aromatic N) is 3. The zero-order valence-corrected chi connectivity index (χ0v) is 11.4. The number of hydrogen-bond donors (Lipinski definition) is 0. The number of pyridine rings is 1. The Morgan fingerprint density at radius 1 is 1.56 bits per heavy atom. The van der Waals surface area contributed by atoms with Crippen molar-refractivity contribution in [3.05, 3.63) is 23.9 Å². The number of rotatable bonds is 3. The van der Waals surface area contributed by atoms with Gasteiger partial charge in [0.15, 0.2) is 0 Å². The van der Waals surface area contributed by atoms with Crippen LogP contribution in [0.5, 0.6) is 0 Å². The molecule has 1 aromatic heterocycles. The van der Waals surface area contributed by atoms with Crippen molar-refractivity contribution < 1.29 is 0 Å². The molecule has 0 spiro atoms. The van der Waals surface area contributed by atoms with Crippen molar-refractivity contribution in [1.82, 2.24) is 9.88 Å². The van der Waals surface area contributed by atoms with Gasteiger partial charge in [-0.2, -0.15) is 0 Å². The Bertz CT molecular complexity index is 354. The number of halogens is 1. The van der Waals surface area contributed by atoms with Crippen molar-refractivity contribution in [2.24, 2.45) is 0 Å². The van der Waals surface area contributed by atoms with Crippen LogP contribution in [-0.2, 0) is 5.33 Å². The molecule has 1 aliphatic rings. The lowest BCUT2D eigenvalue weighted by atomic mass is 10.2. The van der Waals surface area contributed by atoms with Crippen molar-refractivity contribution >= 4 is 21.7 Å². The van der Waals surface area contributed by atoms with Crippen LogP contribution in [0.15, 0.2) is 18.3 Å². The van der Waals surface area contributed by atoms with E-state index in [-0.39, 0.29) is 0 Å². The Labute approximate surface area is 106 Å². The third-order valence-electron chi connectivity index (χ3n) is 3.20. The predicted octanol–water partition coefficient (Wildman–Crippen LogP) is 2.12. The van der Waals surface area contributed by atoms with E-state index in [1.165, 1.54) is 12.0 Å². The second kappa shape index (κ2) is 5.15. The van der Waals surface area contributed by atoms with Gasteiger partial charge in [-0.1, -0.05) is 22.0 Å². The Morgan fingerprint density at radius 3 is 3.00 bits per heavy atom. The molecule has 0 saturated carbocycles. The van der Waals surface area contributed by atoms with Crippen LogP contribution in [0.3, 0.4) is 0 Å². The van der Waals surface area contributed by atoms with Crippen LogP contribution < -0.4 is 4.90 Å². The zero-order valence-electron chi connectivity index (χ0n) is 9.86. The van der Waals surface area contributed by atoms with Gasteiger partial charge in [-0.15, -0.1) is 0 Å². The lowest BCUT2D eigenvalue weighted by molar-refractivity contribution is 0.315. The maximum Gasteiger partial charge on any atom is 0.132 e. The summed E-state index contributed by atoms with van der Waals surface area (Å²) in [4.78, 5) is 9.20. The highest BCUT2D eigenvalue weighted by atomic mass is 79.9. The second-order valence-corrected chi connectivity index (χ2v) is 5.03. The van der Waals surface area contributed by atoms with Crippen LogP contribution in [0.25, 0.3) is 0 Å². The summed E-state index contributed by atoms with van der Waals surface area (Å²) in [5.41, 5.74) is 1.28. The summed E-state index contributed by atoms with van der Waals surface area (Å²) in [5.74, 6) is 1.14. The van der Waals surface area contributed by atoms with Gasteiger partial charge in [-0.3, -0.25) is 0 Å². The van der Waals surface area contributed by atoms with Crippen molar-refractivity contribution in [3.8, 4) is 0 Å². The molecular formula is C12H18BrN3. The monoisotopic (exact) mass is 283 g/mol. The van der Waals surface area contributed by atoms with Crippen molar-refractivity contribution in [2.75, 3.05) is 32.1 Å². The summed E-state index contributed by atoms with van der Waals surface area (Å²) in [6.45, 7) is 2.20. The molecular weight excluding hydrogens is 266 g/mol. The summed E-state index contributed by atoms with van der Waals surface area (Å²) in [5, 5.41) is 0.874. The molecule has 1 aromatic rings. The van der Waals surface area contributed by atoms with E-state index in [2.05, 4.69) is 50.9 Å². The highest BCUT2D eigenvalue weighted by molar-refractivity contribution is 9.08. The van der Waals surface area contributed by atoms with E-state index >= 15 is 0 Å². The molecule has 0 amide bonds. The van der Waals surface area contributed by atoms with Crippen LogP contribution in [0.4, 0.5) is 5.82 Å². The first-order valence-corrected chi connectivity index (χ1v) is 6.75. The van der Waals surface area contributed by atoms with Crippen molar-refractivity contribution in [3.63, 3.8) is 0 Å². The van der Waals surface area contributed by atoms with E-state index in [1.807, 2.05) is 12.3 Å². The van der Waals surface area contributed by atoms with Gasteiger partial charge in [0.2, 0.25) is 0 Å². The Kier molecular flexibility index (Phi) is 3.82. The van der Waals surface area contributed by atoms with Gasteiger partial charge in [-0.25, -0.2) is 4.98 Å². The molecule has 88 valence electrons. The molecule has 1 saturated heterocycles. The van der Waals surface area contributed by atoms with Crippen molar-refractivity contribution in [1.29, 1.82) is 0 Å². The fourth-order valence-corrected chi connectivity index (χ4v) is 2.61. The van der Waals surface area contributed by atoms with Crippen LogP contribution in [0, 0.1) is 0 Å². The van der Waals surface area contributed by atoms with E-state index in [9.17, 15) is 0 Å². The molecule has 1 unspecified atom stereocenters. The minimum absolute atomic E-state index is 0.658. The maximum absolute atomic E-state index is 4.50. The number of anilines is 1. The average molecular weight is 284 g/mol. The summed E-state index contributed by atoms with van der Waals surface area (Å²) < 4.78 is 0. The average Bonchev–Trinajstić information content (AvgIpc) is 2.78. The van der Waals surface area contributed by atoms with Gasteiger partial charge in [0.25, 0.3) is 0 Å². The molecule has 1 atom stereocenters. The number of aromatic nitrogens is 1. The van der Waals surface area contributed by atoms with Gasteiger partial charge in [0.05, 0.1) is 0 Å². The van der Waals surface area contributed by atoms with E-state index in [0.717, 1.165) is 24.2 Å². The van der Waals surface area contributed by atoms with Gasteiger partial charge in [-0.05, 0) is 26.6 Å². The van der Waals surface area contributed by atoms with Crippen LogP contribution in [-0.4, -0.2) is 43.1 Å². The van der Waals surface area contributed by atoms with Gasteiger partial charge < -0.3 is 9.80 Å². The Hall–Kier alpha value is -0.610. The largest absolute Gasteiger partial charge is 0.355 e. The molecule has 0 N–H and O–H groups in total. The third kappa shape index (κ3) is 2.38. The van der Waals surface area contributed by atoms with Crippen LogP contribution >= 0.6 is 15.9 Å². The smallest absolute Gasteiger partial charge is 0.132 e. The quantitative estimate of drug-likeness (QED) is 0.793. The minimum atomic E-state index is 0.658. The fourth-order valence-electron chi connectivity index (χ4n) is 2.18. The molecule has 2 rings (SSSR count). The minimum Gasteiger partial charge on any atom is -0.355 e. The van der Waals surface area contributed by atoms with E-state index in [1.54, 1.807) is 0 Å². The molecule has 2 heterocycles. The van der Waals surface area contributed by atoms with Gasteiger partial charge in [0.1, 0.15) is 5.82 Å². The van der Waals surface area contributed by atoms with Crippen LogP contribution in [0.2, 0.25) is 0 Å². The lowest BCUT2D eigenvalue weighted by Crippen LogP contribution is -2.32. The summed E-state index contributed by atoms with van der Waals surface area (Å²) in [6, 6.07) is 4.80. The molecule has 4 heteroatoms. The molecule has 0 aromatic carbocycles. The zero-order chi connectivity index (χ0) is 11.5. The third-order valence-corrected chi connectivity index (χ3v) is 3.81. The molecule has 16 heavy (non-hydrogen) atoms. The topological polar surface area (TPSA) is 19.4 Å². The maximum atomic E-state index is 4.50. The van der Waals surface area contributed by atoms with Crippen LogP contribution in [0.1, 0.15) is 12.0 Å². The summed E-state index contributed by atoms with van der Waals surface area (Å²) >= 11 is 3.52. The van der Waals surface area contributed by atoms with E-state index in [0.29, 0.717) is 6.04 Å². The van der Waals surface area contributed by atoms with E-state index in [4.69, 9.17) is 0 Å².